The minimum absolute atomic E-state index is 0.189. The zero-order valence-corrected chi connectivity index (χ0v) is 14.6. The molecule has 25 heavy (non-hydrogen) atoms. The van der Waals surface area contributed by atoms with Crippen LogP contribution in [0.15, 0.2) is 72.8 Å². The Balaban J connectivity index is 1.60. The first kappa shape index (κ1) is 17.1. The molecule has 0 amide bonds. The topological polar surface area (TPSA) is 29.5 Å². The highest BCUT2D eigenvalue weighted by Crippen LogP contribution is 2.26. The van der Waals surface area contributed by atoms with Crippen molar-refractivity contribution in [2.45, 2.75) is 25.7 Å². The predicted octanol–water partition coefficient (Wildman–Crippen LogP) is 4.97. The van der Waals surface area contributed by atoms with Crippen LogP contribution in [0, 0.1) is 0 Å². The molecular formula is C23H24O2. The van der Waals surface area contributed by atoms with E-state index in [1.165, 1.54) is 22.3 Å². The lowest BCUT2D eigenvalue weighted by molar-refractivity contribution is 0.373. The van der Waals surface area contributed by atoms with Crippen molar-refractivity contribution in [3.05, 3.63) is 95.1 Å². The van der Waals surface area contributed by atoms with Gasteiger partial charge in [-0.05, 0) is 60.1 Å². The van der Waals surface area contributed by atoms with Crippen LogP contribution in [0.4, 0.5) is 0 Å². The largest absolute Gasteiger partial charge is 0.504 e. The van der Waals surface area contributed by atoms with Crippen LogP contribution in [-0.2, 0) is 25.7 Å². The van der Waals surface area contributed by atoms with Gasteiger partial charge in [-0.1, -0.05) is 60.7 Å². The maximum atomic E-state index is 9.68. The van der Waals surface area contributed by atoms with Crippen LogP contribution in [0.1, 0.15) is 22.3 Å². The Hall–Kier alpha value is -2.74. The third kappa shape index (κ3) is 4.87. The zero-order chi connectivity index (χ0) is 17.5. The average molecular weight is 332 g/mol. The van der Waals surface area contributed by atoms with Crippen molar-refractivity contribution in [2.24, 2.45) is 0 Å². The maximum absolute atomic E-state index is 9.68. The minimum atomic E-state index is 0.189. The van der Waals surface area contributed by atoms with E-state index in [9.17, 15) is 5.11 Å². The highest BCUT2D eigenvalue weighted by Gasteiger charge is 2.04. The SMILES string of the molecule is COc1cc(CCc2cccc(CCc3ccccc3)c2)ccc1O. The minimum Gasteiger partial charge on any atom is -0.504 e. The van der Waals surface area contributed by atoms with E-state index in [1.54, 1.807) is 13.2 Å². The molecule has 1 N–H and O–H groups in total. The summed E-state index contributed by atoms with van der Waals surface area (Å²) in [6, 6.07) is 25.0. The first-order valence-electron chi connectivity index (χ1n) is 8.72. The molecule has 0 saturated heterocycles. The molecule has 0 aliphatic carbocycles. The summed E-state index contributed by atoms with van der Waals surface area (Å²) in [5, 5.41) is 9.68. The van der Waals surface area contributed by atoms with Gasteiger partial charge in [0, 0.05) is 0 Å². The van der Waals surface area contributed by atoms with Gasteiger partial charge in [0.1, 0.15) is 0 Å². The molecule has 0 saturated carbocycles. The number of ether oxygens (including phenoxy) is 1. The van der Waals surface area contributed by atoms with Crippen LogP contribution in [0.3, 0.4) is 0 Å². The Morgan fingerprint density at radius 1 is 0.640 bits per heavy atom. The summed E-state index contributed by atoms with van der Waals surface area (Å²) < 4.78 is 5.18. The van der Waals surface area contributed by atoms with E-state index in [-0.39, 0.29) is 5.75 Å². The summed E-state index contributed by atoms with van der Waals surface area (Å²) in [4.78, 5) is 0. The van der Waals surface area contributed by atoms with E-state index in [1.807, 2.05) is 12.1 Å². The second-order valence-electron chi connectivity index (χ2n) is 6.31. The molecule has 0 unspecified atom stereocenters. The van der Waals surface area contributed by atoms with Gasteiger partial charge >= 0.3 is 0 Å². The molecule has 0 aliphatic heterocycles. The van der Waals surface area contributed by atoms with E-state index >= 15 is 0 Å². The number of phenolic OH excluding ortho intramolecular Hbond substituents is 1. The summed E-state index contributed by atoms with van der Waals surface area (Å²) in [7, 11) is 1.58. The van der Waals surface area contributed by atoms with Crippen LogP contribution >= 0.6 is 0 Å². The van der Waals surface area contributed by atoms with Crippen molar-refractivity contribution < 1.29 is 9.84 Å². The van der Waals surface area contributed by atoms with Gasteiger partial charge < -0.3 is 9.84 Å². The Bertz CT molecular complexity index is 809. The number of hydrogen-bond donors (Lipinski definition) is 1. The molecule has 0 aliphatic rings. The number of phenols is 1. The molecule has 0 radical (unpaired) electrons. The van der Waals surface area contributed by atoms with Crippen molar-refractivity contribution in [1.29, 1.82) is 0 Å². The summed E-state index contributed by atoms with van der Waals surface area (Å²) in [6.07, 6.45) is 4.04. The third-order valence-corrected chi connectivity index (χ3v) is 4.48. The van der Waals surface area contributed by atoms with Crippen molar-refractivity contribution >= 4 is 0 Å². The smallest absolute Gasteiger partial charge is 0.160 e. The lowest BCUT2D eigenvalue weighted by Gasteiger charge is -2.08. The lowest BCUT2D eigenvalue weighted by atomic mass is 9.99. The van der Waals surface area contributed by atoms with E-state index < -0.39 is 0 Å². The summed E-state index contributed by atoms with van der Waals surface area (Å²) in [5.41, 5.74) is 5.27. The van der Waals surface area contributed by atoms with Gasteiger partial charge in [-0.25, -0.2) is 0 Å². The third-order valence-electron chi connectivity index (χ3n) is 4.48. The molecule has 0 fully saturated rings. The molecule has 0 bridgehead atoms. The molecule has 0 heterocycles. The maximum Gasteiger partial charge on any atom is 0.160 e. The van der Waals surface area contributed by atoms with Gasteiger partial charge in [-0.15, -0.1) is 0 Å². The first-order valence-corrected chi connectivity index (χ1v) is 8.72. The van der Waals surface area contributed by atoms with E-state index in [2.05, 4.69) is 54.6 Å². The molecular weight excluding hydrogens is 308 g/mol. The van der Waals surface area contributed by atoms with Crippen molar-refractivity contribution in [1.82, 2.24) is 0 Å². The monoisotopic (exact) mass is 332 g/mol. The van der Waals surface area contributed by atoms with Crippen LogP contribution < -0.4 is 4.74 Å². The van der Waals surface area contributed by atoms with Crippen LogP contribution in [-0.4, -0.2) is 12.2 Å². The predicted molar refractivity (Wildman–Crippen MR) is 102 cm³/mol. The molecule has 3 aromatic carbocycles. The van der Waals surface area contributed by atoms with Gasteiger partial charge in [-0.2, -0.15) is 0 Å². The van der Waals surface area contributed by atoms with Crippen molar-refractivity contribution in [2.75, 3.05) is 7.11 Å². The van der Waals surface area contributed by atoms with E-state index in [4.69, 9.17) is 4.74 Å². The standard InChI is InChI=1S/C23H24O2/c1-25-23-17-21(14-15-22(23)24)13-12-20-9-5-8-19(16-20)11-10-18-6-3-2-4-7-18/h2-9,14-17,24H,10-13H2,1H3. The molecule has 2 heteroatoms. The van der Waals surface area contributed by atoms with Crippen molar-refractivity contribution in [3.8, 4) is 11.5 Å². The highest BCUT2D eigenvalue weighted by atomic mass is 16.5. The quantitative estimate of drug-likeness (QED) is 0.662. The summed E-state index contributed by atoms with van der Waals surface area (Å²) >= 11 is 0. The van der Waals surface area contributed by atoms with Gasteiger partial charge in [0.25, 0.3) is 0 Å². The molecule has 3 rings (SSSR count). The number of rotatable bonds is 7. The van der Waals surface area contributed by atoms with E-state index in [0.717, 1.165) is 25.7 Å². The lowest BCUT2D eigenvalue weighted by Crippen LogP contribution is -1.96. The van der Waals surface area contributed by atoms with Crippen LogP contribution in [0.25, 0.3) is 0 Å². The molecule has 2 nitrogen and oxygen atoms in total. The molecule has 3 aromatic rings. The number of hydrogen-bond acceptors (Lipinski definition) is 2. The molecule has 0 atom stereocenters. The molecule has 128 valence electrons. The zero-order valence-electron chi connectivity index (χ0n) is 14.6. The summed E-state index contributed by atoms with van der Waals surface area (Å²) in [5.74, 6) is 0.725. The van der Waals surface area contributed by atoms with Gasteiger partial charge in [0.05, 0.1) is 7.11 Å². The normalized spacial score (nSPS) is 10.6. The molecule has 0 spiro atoms. The molecule has 0 aromatic heterocycles. The van der Waals surface area contributed by atoms with Gasteiger partial charge in [0.15, 0.2) is 11.5 Å². The number of aryl methyl sites for hydroxylation is 4. The Labute approximate surface area is 149 Å². The number of methoxy groups -OCH3 is 1. The second kappa shape index (κ2) is 8.39. The fourth-order valence-corrected chi connectivity index (χ4v) is 3.04. The Morgan fingerprint density at radius 2 is 1.20 bits per heavy atom. The Morgan fingerprint density at radius 3 is 1.84 bits per heavy atom. The average Bonchev–Trinajstić information content (AvgIpc) is 2.67. The van der Waals surface area contributed by atoms with Crippen LogP contribution in [0.5, 0.6) is 11.5 Å². The van der Waals surface area contributed by atoms with E-state index in [0.29, 0.717) is 5.75 Å². The number of benzene rings is 3. The van der Waals surface area contributed by atoms with Gasteiger partial charge in [0.2, 0.25) is 0 Å². The number of aromatic hydroxyl groups is 1. The second-order valence-corrected chi connectivity index (χ2v) is 6.31. The van der Waals surface area contributed by atoms with Crippen LogP contribution in [0.2, 0.25) is 0 Å². The fourth-order valence-electron chi connectivity index (χ4n) is 3.04. The fraction of sp³-hybridized carbons (Fsp3) is 0.217. The first-order chi connectivity index (χ1) is 12.2. The Kier molecular flexibility index (Phi) is 5.73. The van der Waals surface area contributed by atoms with Crippen molar-refractivity contribution in [3.63, 3.8) is 0 Å². The van der Waals surface area contributed by atoms with Gasteiger partial charge in [-0.3, -0.25) is 0 Å². The summed E-state index contributed by atoms with van der Waals surface area (Å²) in [6.45, 7) is 0. The highest BCUT2D eigenvalue weighted by molar-refractivity contribution is 5.42.